The number of carbonyl (C=O) groups is 1. The van der Waals surface area contributed by atoms with Gasteiger partial charge < -0.3 is 15.0 Å². The zero-order valence-corrected chi connectivity index (χ0v) is 15.4. The van der Waals surface area contributed by atoms with Crippen LogP contribution >= 0.6 is 0 Å². The molecule has 0 bridgehead atoms. The second kappa shape index (κ2) is 7.03. The summed E-state index contributed by atoms with van der Waals surface area (Å²) in [7, 11) is 1.60. The number of rotatable bonds is 4. The Morgan fingerprint density at radius 1 is 1.07 bits per heavy atom. The highest BCUT2D eigenvalue weighted by Gasteiger charge is 2.26. The van der Waals surface area contributed by atoms with Crippen LogP contribution in [0.2, 0.25) is 0 Å². The predicted octanol–water partition coefficient (Wildman–Crippen LogP) is 3.79. The molecular formula is C21H18N4O3. The Kier molecular flexibility index (Phi) is 4.41. The Hall–Kier alpha value is -3.87. The number of benzene rings is 2. The van der Waals surface area contributed by atoms with Crippen molar-refractivity contribution in [2.24, 2.45) is 0 Å². The molecule has 7 nitrogen and oxygen atoms in total. The quantitative estimate of drug-likeness (QED) is 0.584. The third-order valence-corrected chi connectivity index (χ3v) is 4.43. The average Bonchev–Trinajstić information content (AvgIpc) is 3.31. The van der Waals surface area contributed by atoms with Crippen molar-refractivity contribution in [2.75, 3.05) is 12.8 Å². The van der Waals surface area contributed by atoms with E-state index in [2.05, 4.69) is 10.3 Å². The number of hydrogen-bond donors (Lipinski definition) is 1. The maximum atomic E-state index is 13.4. The molecule has 28 heavy (non-hydrogen) atoms. The van der Waals surface area contributed by atoms with E-state index < -0.39 is 0 Å². The van der Waals surface area contributed by atoms with E-state index in [1.165, 1.54) is 4.68 Å². The summed E-state index contributed by atoms with van der Waals surface area (Å²) in [5.41, 5.74) is 8.87. The average molecular weight is 374 g/mol. The number of anilines is 1. The molecule has 0 saturated heterocycles. The van der Waals surface area contributed by atoms with Gasteiger partial charge in [-0.25, -0.2) is 0 Å². The Morgan fingerprint density at radius 3 is 2.46 bits per heavy atom. The minimum atomic E-state index is -0.361. The van der Waals surface area contributed by atoms with E-state index in [1.807, 2.05) is 54.6 Å². The largest absolute Gasteiger partial charge is 0.497 e. The van der Waals surface area contributed by atoms with Crippen LogP contribution in [0.25, 0.3) is 22.5 Å². The molecule has 0 amide bonds. The van der Waals surface area contributed by atoms with Crippen molar-refractivity contribution in [3.05, 3.63) is 72.0 Å². The van der Waals surface area contributed by atoms with Crippen molar-refractivity contribution in [3.8, 4) is 28.3 Å². The molecule has 2 N–H and O–H groups in total. The topological polar surface area (TPSA) is 96.2 Å². The van der Waals surface area contributed by atoms with Crippen molar-refractivity contribution in [1.82, 2.24) is 14.9 Å². The van der Waals surface area contributed by atoms with Gasteiger partial charge in [0, 0.05) is 17.2 Å². The Bertz CT molecular complexity index is 1130. The molecule has 0 unspecified atom stereocenters. The van der Waals surface area contributed by atoms with Crippen molar-refractivity contribution in [3.63, 3.8) is 0 Å². The minimum Gasteiger partial charge on any atom is -0.497 e. The van der Waals surface area contributed by atoms with Crippen molar-refractivity contribution in [1.29, 1.82) is 0 Å². The van der Waals surface area contributed by atoms with Crippen LogP contribution in [-0.2, 0) is 0 Å². The Morgan fingerprint density at radius 2 is 1.79 bits per heavy atom. The minimum absolute atomic E-state index is 0.245. The predicted molar refractivity (Wildman–Crippen MR) is 105 cm³/mol. The van der Waals surface area contributed by atoms with Crippen LogP contribution < -0.4 is 10.5 Å². The molecule has 0 spiro atoms. The van der Waals surface area contributed by atoms with Gasteiger partial charge in [-0.3, -0.25) is 4.79 Å². The van der Waals surface area contributed by atoms with Gasteiger partial charge in [0.05, 0.1) is 12.8 Å². The first-order valence-electron chi connectivity index (χ1n) is 8.65. The first kappa shape index (κ1) is 17.5. The molecule has 2 aromatic heterocycles. The molecule has 0 aliphatic rings. The van der Waals surface area contributed by atoms with E-state index >= 15 is 0 Å². The number of nitrogen functional groups attached to an aromatic ring is 1. The third-order valence-electron chi connectivity index (χ3n) is 4.43. The van der Waals surface area contributed by atoms with Gasteiger partial charge >= 0.3 is 0 Å². The van der Waals surface area contributed by atoms with Crippen LogP contribution in [-0.4, -0.2) is 28.0 Å². The number of methoxy groups -OCH3 is 1. The number of aryl methyl sites for hydroxylation is 1. The maximum absolute atomic E-state index is 13.4. The zero-order chi connectivity index (χ0) is 19.7. The van der Waals surface area contributed by atoms with Gasteiger partial charge in [0.25, 0.3) is 5.91 Å². The molecule has 4 rings (SSSR count). The van der Waals surface area contributed by atoms with E-state index in [4.69, 9.17) is 15.0 Å². The van der Waals surface area contributed by atoms with Crippen molar-refractivity contribution < 1.29 is 14.1 Å². The zero-order valence-electron chi connectivity index (χ0n) is 15.4. The summed E-state index contributed by atoms with van der Waals surface area (Å²) in [6.07, 6.45) is 0. The molecule has 2 aromatic carbocycles. The van der Waals surface area contributed by atoms with Gasteiger partial charge in [-0.15, -0.1) is 5.10 Å². The molecule has 0 fully saturated rings. The smallest absolute Gasteiger partial charge is 0.284 e. The highest BCUT2D eigenvalue weighted by Crippen LogP contribution is 2.29. The summed E-state index contributed by atoms with van der Waals surface area (Å²) in [6.45, 7) is 1.70. The first-order valence-corrected chi connectivity index (χ1v) is 8.65. The highest BCUT2D eigenvalue weighted by atomic mass is 16.5. The normalized spacial score (nSPS) is 10.8. The van der Waals surface area contributed by atoms with Gasteiger partial charge in [0.1, 0.15) is 28.6 Å². The molecule has 0 aliphatic carbocycles. The fourth-order valence-electron chi connectivity index (χ4n) is 3.04. The fraction of sp³-hybridized carbons (Fsp3) is 0.0952. The molecule has 7 heteroatoms. The van der Waals surface area contributed by atoms with Crippen LogP contribution in [0.15, 0.2) is 65.2 Å². The van der Waals surface area contributed by atoms with Gasteiger partial charge in [0.2, 0.25) is 0 Å². The SMILES string of the molecule is COc1ccc(-c2cc(N)nn2C(=O)c2c(-c3ccccc3)noc2C)cc1. The van der Waals surface area contributed by atoms with Crippen LogP contribution in [0.5, 0.6) is 5.75 Å². The van der Waals surface area contributed by atoms with E-state index in [9.17, 15) is 4.79 Å². The molecule has 0 saturated carbocycles. The maximum Gasteiger partial charge on any atom is 0.284 e. The van der Waals surface area contributed by atoms with E-state index in [1.54, 1.807) is 20.1 Å². The number of nitrogens with zero attached hydrogens (tertiary/aromatic N) is 3. The first-order chi connectivity index (χ1) is 13.6. The monoisotopic (exact) mass is 374 g/mol. The van der Waals surface area contributed by atoms with Gasteiger partial charge in [-0.05, 0) is 31.2 Å². The van der Waals surface area contributed by atoms with Crippen LogP contribution in [0, 0.1) is 6.92 Å². The molecule has 4 aromatic rings. The number of ether oxygens (including phenoxy) is 1. The Balaban J connectivity index is 1.81. The lowest BCUT2D eigenvalue weighted by Gasteiger charge is -2.08. The molecule has 0 aliphatic heterocycles. The van der Waals surface area contributed by atoms with E-state index in [0.717, 1.165) is 16.9 Å². The lowest BCUT2D eigenvalue weighted by atomic mass is 10.1. The standard InChI is InChI=1S/C21H18N4O3/c1-13-19(20(24-28-13)15-6-4-3-5-7-15)21(26)25-17(12-18(22)23-25)14-8-10-16(27-2)11-9-14/h3-12H,1-2H3,(H2,22,23). The van der Waals surface area contributed by atoms with Crippen LogP contribution in [0.1, 0.15) is 16.1 Å². The molecular weight excluding hydrogens is 356 g/mol. The second-order valence-electron chi connectivity index (χ2n) is 6.23. The summed E-state index contributed by atoms with van der Waals surface area (Å²) >= 11 is 0. The molecule has 2 heterocycles. The van der Waals surface area contributed by atoms with Gasteiger partial charge in [0.15, 0.2) is 0 Å². The summed E-state index contributed by atoms with van der Waals surface area (Å²) in [4.78, 5) is 13.4. The van der Waals surface area contributed by atoms with Crippen molar-refractivity contribution in [2.45, 2.75) is 6.92 Å². The molecule has 140 valence electrons. The number of nitrogens with two attached hydrogens (primary N) is 1. The summed E-state index contributed by atoms with van der Waals surface area (Å²) in [6, 6.07) is 18.4. The number of carbonyl (C=O) groups excluding carboxylic acids is 1. The summed E-state index contributed by atoms with van der Waals surface area (Å²) < 4.78 is 11.8. The van der Waals surface area contributed by atoms with E-state index in [0.29, 0.717) is 22.7 Å². The van der Waals surface area contributed by atoms with Crippen LogP contribution in [0.3, 0.4) is 0 Å². The Labute approximate surface area is 161 Å². The highest BCUT2D eigenvalue weighted by molar-refractivity contribution is 6.03. The van der Waals surface area contributed by atoms with Gasteiger partial charge in [-0.2, -0.15) is 4.68 Å². The van der Waals surface area contributed by atoms with Crippen molar-refractivity contribution >= 4 is 11.7 Å². The lowest BCUT2D eigenvalue weighted by Crippen LogP contribution is -2.16. The summed E-state index contributed by atoms with van der Waals surface area (Å²) in [5.74, 6) is 1.02. The van der Waals surface area contributed by atoms with Gasteiger partial charge in [-0.1, -0.05) is 35.5 Å². The second-order valence-corrected chi connectivity index (χ2v) is 6.23. The molecule has 0 atom stereocenters. The number of hydrogen-bond acceptors (Lipinski definition) is 6. The fourth-order valence-corrected chi connectivity index (χ4v) is 3.04. The van der Waals surface area contributed by atoms with E-state index in [-0.39, 0.29) is 11.7 Å². The third kappa shape index (κ3) is 3.03. The molecule has 0 radical (unpaired) electrons. The van der Waals surface area contributed by atoms with Crippen LogP contribution in [0.4, 0.5) is 5.82 Å². The lowest BCUT2D eigenvalue weighted by molar-refractivity contribution is 0.0946. The number of aromatic nitrogens is 3. The summed E-state index contributed by atoms with van der Waals surface area (Å²) in [5, 5.41) is 8.29.